The number of hydrogen-bond donors (Lipinski definition) is 1. The van der Waals surface area contributed by atoms with Crippen molar-refractivity contribution in [2.75, 3.05) is 62.3 Å². The van der Waals surface area contributed by atoms with E-state index in [4.69, 9.17) is 9.97 Å². The van der Waals surface area contributed by atoms with Gasteiger partial charge in [-0.1, -0.05) is 0 Å². The van der Waals surface area contributed by atoms with Crippen LogP contribution in [0.5, 0.6) is 0 Å². The van der Waals surface area contributed by atoms with Crippen LogP contribution in [-0.4, -0.2) is 80.9 Å². The van der Waals surface area contributed by atoms with Crippen molar-refractivity contribution in [3.8, 4) is 0 Å². The lowest BCUT2D eigenvalue weighted by atomic mass is 10.2. The summed E-state index contributed by atoms with van der Waals surface area (Å²) in [5.41, 5.74) is 2.58. The number of hydrogen-bond acceptors (Lipinski definition) is 8. The Morgan fingerprint density at radius 3 is 2.32 bits per heavy atom. The van der Waals surface area contributed by atoms with E-state index in [0.29, 0.717) is 34.1 Å². The highest BCUT2D eigenvalue weighted by molar-refractivity contribution is 7.92. The number of sulfonamides is 1. The molecule has 0 aliphatic carbocycles. The summed E-state index contributed by atoms with van der Waals surface area (Å²) in [6.07, 6.45) is 0.986. The van der Waals surface area contributed by atoms with Crippen LogP contribution in [0.4, 0.5) is 17.5 Å². The Morgan fingerprint density at radius 2 is 1.74 bits per heavy atom. The van der Waals surface area contributed by atoms with Gasteiger partial charge in [0.2, 0.25) is 5.95 Å². The molecule has 3 aromatic rings. The first-order chi connectivity index (χ1) is 15.9. The maximum absolute atomic E-state index is 13.2. The summed E-state index contributed by atoms with van der Waals surface area (Å²) in [5, 5.41) is 4.99. The van der Waals surface area contributed by atoms with Crippen molar-refractivity contribution in [1.29, 1.82) is 0 Å². The molecule has 0 saturated carbocycles. The fourth-order valence-corrected chi connectivity index (χ4v) is 4.90. The predicted octanol–water partition coefficient (Wildman–Crippen LogP) is 2.62. The minimum atomic E-state index is -3.82. The van der Waals surface area contributed by atoms with Gasteiger partial charge in [-0.15, -0.1) is 0 Å². The Hall–Kier alpha value is -2.92. The molecule has 0 spiro atoms. The van der Waals surface area contributed by atoms with Gasteiger partial charge in [-0.2, -0.15) is 10.1 Å². The molecule has 1 aromatic carbocycles. The monoisotopic (exact) mass is 488 g/mol. The first-order valence-electron chi connectivity index (χ1n) is 11.4. The molecule has 10 nitrogen and oxygen atoms in total. The Kier molecular flexibility index (Phi) is 7.67. The molecule has 0 unspecified atom stereocenters. The summed E-state index contributed by atoms with van der Waals surface area (Å²) in [5.74, 6) is 1.32. The molecule has 11 heteroatoms. The zero-order valence-electron chi connectivity index (χ0n) is 21.4. The standard InChI is InChI=1S/C23H36N8O2S/c1-9-29(6)22-19-15-18(34(32,33)27-21-16(2)26-31(8)17(21)3)11-12-20(19)24-23(25-22)30(7)14-10-13-28(4)5/h11-12,15,27H,9-10,13-14H2,1-8H3. The summed E-state index contributed by atoms with van der Waals surface area (Å²) in [6, 6.07) is 4.99. The molecule has 34 heavy (non-hydrogen) atoms. The van der Waals surface area contributed by atoms with Gasteiger partial charge in [0.25, 0.3) is 10.0 Å². The van der Waals surface area contributed by atoms with Crippen molar-refractivity contribution in [2.45, 2.75) is 32.1 Å². The molecule has 0 aliphatic rings. The van der Waals surface area contributed by atoms with Gasteiger partial charge in [-0.25, -0.2) is 13.4 Å². The van der Waals surface area contributed by atoms with E-state index < -0.39 is 10.0 Å². The van der Waals surface area contributed by atoms with Crippen molar-refractivity contribution < 1.29 is 8.42 Å². The highest BCUT2D eigenvalue weighted by Crippen LogP contribution is 2.30. The highest BCUT2D eigenvalue weighted by Gasteiger charge is 2.22. The Balaban J connectivity index is 2.01. The lowest BCUT2D eigenvalue weighted by Gasteiger charge is -2.23. The van der Waals surface area contributed by atoms with Gasteiger partial charge in [0.05, 0.1) is 27.5 Å². The van der Waals surface area contributed by atoms with E-state index in [-0.39, 0.29) is 4.90 Å². The fraction of sp³-hybridized carbons (Fsp3) is 0.522. The van der Waals surface area contributed by atoms with Crippen LogP contribution in [0.25, 0.3) is 10.9 Å². The maximum Gasteiger partial charge on any atom is 0.262 e. The molecule has 0 atom stereocenters. The Morgan fingerprint density at radius 1 is 1.03 bits per heavy atom. The van der Waals surface area contributed by atoms with E-state index in [0.717, 1.165) is 31.7 Å². The number of rotatable bonds is 10. The number of nitrogens with one attached hydrogen (secondary N) is 1. The molecule has 2 aromatic heterocycles. The Labute approximate surface area is 202 Å². The third-order valence-corrected chi connectivity index (χ3v) is 7.31. The van der Waals surface area contributed by atoms with Gasteiger partial charge in [0.15, 0.2) is 0 Å². The summed E-state index contributed by atoms with van der Waals surface area (Å²) >= 11 is 0. The average molecular weight is 489 g/mol. The van der Waals surface area contributed by atoms with Crippen LogP contribution in [0, 0.1) is 13.8 Å². The van der Waals surface area contributed by atoms with Crippen molar-refractivity contribution in [3.63, 3.8) is 0 Å². The van der Waals surface area contributed by atoms with Gasteiger partial charge in [0.1, 0.15) is 5.82 Å². The van der Waals surface area contributed by atoms with Gasteiger partial charge in [0, 0.05) is 39.6 Å². The van der Waals surface area contributed by atoms with Gasteiger partial charge in [-0.3, -0.25) is 9.40 Å². The molecular formula is C23H36N8O2S. The number of fused-ring (bicyclic) bond motifs is 1. The predicted molar refractivity (Wildman–Crippen MR) is 138 cm³/mol. The van der Waals surface area contributed by atoms with Crippen molar-refractivity contribution in [3.05, 3.63) is 29.6 Å². The van der Waals surface area contributed by atoms with Crippen LogP contribution in [0.15, 0.2) is 23.1 Å². The van der Waals surface area contributed by atoms with Crippen molar-refractivity contribution in [2.24, 2.45) is 7.05 Å². The van der Waals surface area contributed by atoms with Crippen LogP contribution in [0.1, 0.15) is 24.7 Å². The van der Waals surface area contributed by atoms with Crippen LogP contribution in [0.2, 0.25) is 0 Å². The van der Waals surface area contributed by atoms with E-state index in [1.54, 1.807) is 36.9 Å². The largest absolute Gasteiger partial charge is 0.359 e. The Bertz CT molecular complexity index is 1270. The summed E-state index contributed by atoms with van der Waals surface area (Å²) in [6.45, 7) is 8.16. The molecular weight excluding hydrogens is 452 g/mol. The second kappa shape index (κ2) is 10.1. The van der Waals surface area contributed by atoms with Crippen molar-refractivity contribution >= 4 is 38.4 Å². The second-order valence-electron chi connectivity index (χ2n) is 8.89. The van der Waals surface area contributed by atoms with E-state index in [1.807, 2.05) is 37.7 Å². The first-order valence-corrected chi connectivity index (χ1v) is 12.8. The SMILES string of the molecule is CCN(C)c1nc(N(C)CCCN(C)C)nc2ccc(S(=O)(=O)Nc3c(C)nn(C)c3C)cc12. The van der Waals surface area contributed by atoms with Crippen LogP contribution in [0.3, 0.4) is 0 Å². The third-order valence-electron chi connectivity index (χ3n) is 5.97. The molecule has 0 bridgehead atoms. The number of nitrogens with zero attached hydrogens (tertiary/aromatic N) is 7. The summed E-state index contributed by atoms with van der Waals surface area (Å²) < 4.78 is 30.8. The number of aromatic nitrogens is 4. The van der Waals surface area contributed by atoms with Crippen LogP contribution in [-0.2, 0) is 17.1 Å². The van der Waals surface area contributed by atoms with Gasteiger partial charge < -0.3 is 14.7 Å². The quantitative estimate of drug-likeness (QED) is 0.465. The average Bonchev–Trinajstić information content (AvgIpc) is 3.02. The minimum absolute atomic E-state index is 0.157. The number of aryl methyl sites for hydroxylation is 2. The molecule has 0 fully saturated rings. The maximum atomic E-state index is 13.2. The lowest BCUT2D eigenvalue weighted by molar-refractivity contribution is 0.401. The molecule has 0 aliphatic heterocycles. The van der Waals surface area contributed by atoms with Crippen molar-refractivity contribution in [1.82, 2.24) is 24.6 Å². The topological polar surface area (TPSA) is 99.5 Å². The van der Waals surface area contributed by atoms with Gasteiger partial charge >= 0.3 is 0 Å². The highest BCUT2D eigenvalue weighted by atomic mass is 32.2. The molecule has 3 rings (SSSR count). The van der Waals surface area contributed by atoms with E-state index in [2.05, 4.69) is 28.8 Å². The fourth-order valence-electron chi connectivity index (χ4n) is 3.70. The molecule has 0 saturated heterocycles. The number of benzene rings is 1. The molecule has 1 N–H and O–H groups in total. The van der Waals surface area contributed by atoms with Crippen LogP contribution >= 0.6 is 0 Å². The normalized spacial score (nSPS) is 11.9. The lowest BCUT2D eigenvalue weighted by Crippen LogP contribution is -2.26. The molecule has 186 valence electrons. The minimum Gasteiger partial charge on any atom is -0.359 e. The second-order valence-corrected chi connectivity index (χ2v) is 10.6. The van der Waals surface area contributed by atoms with Crippen LogP contribution < -0.4 is 14.5 Å². The summed E-state index contributed by atoms with van der Waals surface area (Å²) in [4.78, 5) is 15.9. The zero-order chi connectivity index (χ0) is 25.2. The van der Waals surface area contributed by atoms with E-state index in [1.165, 1.54) is 0 Å². The van der Waals surface area contributed by atoms with E-state index in [9.17, 15) is 8.42 Å². The zero-order valence-corrected chi connectivity index (χ0v) is 22.2. The van der Waals surface area contributed by atoms with Gasteiger partial charge in [-0.05, 0) is 66.0 Å². The molecule has 0 amide bonds. The third kappa shape index (κ3) is 5.41. The molecule has 0 radical (unpaired) electrons. The van der Waals surface area contributed by atoms with E-state index >= 15 is 0 Å². The summed E-state index contributed by atoms with van der Waals surface area (Å²) in [7, 11) is 5.99. The smallest absolute Gasteiger partial charge is 0.262 e. The first kappa shape index (κ1) is 25.7. The number of anilines is 3. The molecule has 2 heterocycles.